The van der Waals surface area contributed by atoms with E-state index in [1.54, 1.807) is 0 Å². The van der Waals surface area contributed by atoms with Gasteiger partial charge in [-0.1, -0.05) is 0 Å². The van der Waals surface area contributed by atoms with Gasteiger partial charge < -0.3 is 25.5 Å². The minimum Gasteiger partial charge on any atom is -0.382 e. The number of nitrogens with one attached hydrogen (secondary N) is 3. The van der Waals surface area contributed by atoms with Crippen LogP contribution in [0, 0.1) is 5.41 Å². The van der Waals surface area contributed by atoms with Crippen molar-refractivity contribution in [3.05, 3.63) is 12.0 Å². The summed E-state index contributed by atoms with van der Waals surface area (Å²) < 4.78 is 10.7. The molecular formula is C10H19N5O2. The standard InChI is InChI=1S/C10H19N5O2/c1-3-16-7(17-4-2)5-13-10-8(9(11)12)14-6-15-10/h6-7,13H,3-5H2,1-2H3,(H3,11,12)(H,14,15). The van der Waals surface area contributed by atoms with Gasteiger partial charge >= 0.3 is 0 Å². The second kappa shape index (κ2) is 6.87. The number of ether oxygens (including phenoxy) is 2. The zero-order valence-corrected chi connectivity index (χ0v) is 10.1. The van der Waals surface area contributed by atoms with E-state index in [2.05, 4.69) is 15.3 Å². The average Bonchev–Trinajstić information content (AvgIpc) is 2.74. The maximum Gasteiger partial charge on any atom is 0.174 e. The highest BCUT2D eigenvalue weighted by molar-refractivity contribution is 5.97. The maximum atomic E-state index is 7.34. The van der Waals surface area contributed by atoms with Crippen molar-refractivity contribution in [3.8, 4) is 0 Å². The number of hydrogen-bond acceptors (Lipinski definition) is 5. The molecule has 0 radical (unpaired) electrons. The number of nitrogen functional groups attached to an aromatic ring is 1. The van der Waals surface area contributed by atoms with E-state index in [9.17, 15) is 0 Å². The lowest BCUT2D eigenvalue weighted by molar-refractivity contribution is -0.126. The fourth-order valence-electron chi connectivity index (χ4n) is 1.35. The molecule has 0 fully saturated rings. The smallest absolute Gasteiger partial charge is 0.174 e. The van der Waals surface area contributed by atoms with Gasteiger partial charge in [-0.05, 0) is 13.8 Å². The average molecular weight is 241 g/mol. The Bertz CT molecular complexity index is 346. The van der Waals surface area contributed by atoms with Crippen LogP contribution in [0.2, 0.25) is 0 Å². The lowest BCUT2D eigenvalue weighted by Gasteiger charge is -2.17. The number of hydrogen-bond donors (Lipinski definition) is 4. The van der Waals surface area contributed by atoms with Crippen molar-refractivity contribution in [1.29, 1.82) is 5.41 Å². The molecule has 0 aliphatic carbocycles. The number of H-pyrrole nitrogens is 1. The lowest BCUT2D eigenvalue weighted by atomic mass is 10.4. The van der Waals surface area contributed by atoms with E-state index in [1.165, 1.54) is 6.33 Å². The van der Waals surface area contributed by atoms with Gasteiger partial charge in [-0.3, -0.25) is 5.41 Å². The minimum atomic E-state index is -0.332. The van der Waals surface area contributed by atoms with Crippen LogP contribution in [0.3, 0.4) is 0 Å². The summed E-state index contributed by atoms with van der Waals surface area (Å²) in [5.74, 6) is 0.469. The van der Waals surface area contributed by atoms with Crippen LogP contribution in [0.15, 0.2) is 6.33 Å². The molecule has 0 amide bonds. The summed E-state index contributed by atoms with van der Waals surface area (Å²) in [6.45, 7) is 5.41. The molecule has 7 heteroatoms. The zero-order chi connectivity index (χ0) is 12.7. The molecule has 0 aromatic carbocycles. The molecule has 96 valence electrons. The molecule has 0 spiro atoms. The summed E-state index contributed by atoms with van der Waals surface area (Å²) in [5.41, 5.74) is 5.86. The van der Waals surface area contributed by atoms with Crippen LogP contribution in [0.1, 0.15) is 19.5 Å². The maximum absolute atomic E-state index is 7.34. The minimum absolute atomic E-state index is 0.0608. The number of nitrogens with zero attached hydrogens (tertiary/aromatic N) is 1. The topological polar surface area (TPSA) is 109 Å². The van der Waals surface area contributed by atoms with Gasteiger partial charge in [0.2, 0.25) is 0 Å². The first kappa shape index (κ1) is 13.5. The number of rotatable bonds is 8. The summed E-state index contributed by atoms with van der Waals surface area (Å²) in [7, 11) is 0. The van der Waals surface area contributed by atoms with Crippen LogP contribution in [0.5, 0.6) is 0 Å². The third-order valence-electron chi connectivity index (χ3n) is 2.05. The highest BCUT2D eigenvalue weighted by Crippen LogP contribution is 2.08. The third kappa shape index (κ3) is 4.04. The molecule has 1 aromatic rings. The van der Waals surface area contributed by atoms with Gasteiger partial charge in [-0.2, -0.15) is 0 Å². The van der Waals surface area contributed by atoms with Crippen molar-refractivity contribution < 1.29 is 9.47 Å². The molecule has 1 aromatic heterocycles. The second-order valence-electron chi connectivity index (χ2n) is 3.26. The first-order valence-electron chi connectivity index (χ1n) is 5.53. The van der Waals surface area contributed by atoms with Crippen molar-refractivity contribution in [3.63, 3.8) is 0 Å². The van der Waals surface area contributed by atoms with Crippen molar-refractivity contribution in [1.82, 2.24) is 9.97 Å². The monoisotopic (exact) mass is 241 g/mol. The summed E-state index contributed by atoms with van der Waals surface area (Å²) in [6.07, 6.45) is 1.15. The Morgan fingerprint density at radius 3 is 2.71 bits per heavy atom. The first-order chi connectivity index (χ1) is 8.19. The summed E-state index contributed by atoms with van der Waals surface area (Å²) >= 11 is 0. The van der Waals surface area contributed by atoms with Gasteiger partial charge in [0.15, 0.2) is 12.1 Å². The van der Waals surface area contributed by atoms with Gasteiger partial charge in [-0.25, -0.2) is 4.98 Å². The number of anilines is 1. The third-order valence-corrected chi connectivity index (χ3v) is 2.05. The Morgan fingerprint density at radius 2 is 2.18 bits per heavy atom. The van der Waals surface area contributed by atoms with Crippen molar-refractivity contribution in [2.24, 2.45) is 5.73 Å². The van der Waals surface area contributed by atoms with Crippen LogP contribution in [0.4, 0.5) is 5.82 Å². The number of amidine groups is 1. The molecule has 1 rings (SSSR count). The van der Waals surface area contributed by atoms with E-state index in [4.69, 9.17) is 20.6 Å². The lowest BCUT2D eigenvalue weighted by Crippen LogP contribution is -2.27. The molecule has 0 saturated carbocycles. The van der Waals surface area contributed by atoms with Gasteiger partial charge in [0.25, 0.3) is 0 Å². The SMILES string of the molecule is CCOC(CNc1nc[nH]c1C(=N)N)OCC. The van der Waals surface area contributed by atoms with Crippen LogP contribution in [-0.4, -0.2) is 41.9 Å². The predicted octanol–water partition coefficient (Wildman–Crippen LogP) is 0.505. The molecule has 1 heterocycles. The zero-order valence-electron chi connectivity index (χ0n) is 10.1. The Balaban J connectivity index is 2.52. The molecule has 0 aliphatic heterocycles. The van der Waals surface area contributed by atoms with Gasteiger partial charge in [0, 0.05) is 13.2 Å². The van der Waals surface area contributed by atoms with E-state index in [0.717, 1.165) is 0 Å². The Labute approximate surface area is 100 Å². The Kier molecular flexibility index (Phi) is 5.44. The molecule has 0 bridgehead atoms. The van der Waals surface area contributed by atoms with Crippen molar-refractivity contribution >= 4 is 11.7 Å². The van der Waals surface area contributed by atoms with Gasteiger partial charge in [0.1, 0.15) is 11.5 Å². The molecule has 17 heavy (non-hydrogen) atoms. The highest BCUT2D eigenvalue weighted by atomic mass is 16.7. The molecule has 0 saturated heterocycles. The van der Waals surface area contributed by atoms with Gasteiger partial charge in [0.05, 0.1) is 12.9 Å². The molecule has 0 atom stereocenters. The molecule has 0 aliphatic rings. The molecule has 0 unspecified atom stereocenters. The quantitative estimate of drug-likeness (QED) is 0.301. The number of aromatic amines is 1. The van der Waals surface area contributed by atoms with E-state index in [1.807, 2.05) is 13.8 Å². The van der Waals surface area contributed by atoms with E-state index >= 15 is 0 Å². The largest absolute Gasteiger partial charge is 0.382 e. The van der Waals surface area contributed by atoms with Gasteiger partial charge in [-0.15, -0.1) is 0 Å². The van der Waals surface area contributed by atoms with Crippen LogP contribution >= 0.6 is 0 Å². The van der Waals surface area contributed by atoms with Crippen LogP contribution in [0.25, 0.3) is 0 Å². The number of nitrogens with two attached hydrogens (primary N) is 1. The Hall–Kier alpha value is -1.60. The van der Waals surface area contributed by atoms with E-state index in [-0.39, 0.29) is 12.1 Å². The fourth-order valence-corrected chi connectivity index (χ4v) is 1.35. The number of aromatic nitrogens is 2. The van der Waals surface area contributed by atoms with Crippen LogP contribution < -0.4 is 11.1 Å². The summed E-state index contributed by atoms with van der Waals surface area (Å²) in [4.78, 5) is 6.82. The molecular weight excluding hydrogens is 222 g/mol. The summed E-state index contributed by atoms with van der Waals surface area (Å²) in [6, 6.07) is 0. The summed E-state index contributed by atoms with van der Waals surface area (Å²) in [5, 5.41) is 10.4. The number of imidazole rings is 1. The normalized spacial score (nSPS) is 10.8. The molecule has 5 N–H and O–H groups in total. The van der Waals surface area contributed by atoms with Crippen molar-refractivity contribution in [2.45, 2.75) is 20.1 Å². The van der Waals surface area contributed by atoms with E-state index in [0.29, 0.717) is 31.3 Å². The Morgan fingerprint density at radius 1 is 1.53 bits per heavy atom. The van der Waals surface area contributed by atoms with Crippen LogP contribution in [-0.2, 0) is 9.47 Å². The van der Waals surface area contributed by atoms with E-state index < -0.39 is 0 Å². The fraction of sp³-hybridized carbons (Fsp3) is 0.600. The molecule has 7 nitrogen and oxygen atoms in total. The first-order valence-corrected chi connectivity index (χ1v) is 5.53. The highest BCUT2D eigenvalue weighted by Gasteiger charge is 2.12. The van der Waals surface area contributed by atoms with Crippen molar-refractivity contribution in [2.75, 3.05) is 25.1 Å². The predicted molar refractivity (Wildman–Crippen MR) is 65.1 cm³/mol. The second-order valence-corrected chi connectivity index (χ2v) is 3.26.